The van der Waals surface area contributed by atoms with Crippen LogP contribution in [-0.2, 0) is 12.8 Å². The zero-order valence-electron chi connectivity index (χ0n) is 12.2. The van der Waals surface area contributed by atoms with Crippen molar-refractivity contribution in [1.82, 2.24) is 5.32 Å². The molecule has 1 atom stereocenters. The van der Waals surface area contributed by atoms with Crippen LogP contribution in [0.25, 0.3) is 0 Å². The third-order valence-corrected chi connectivity index (χ3v) is 4.64. The maximum atomic E-state index is 13.9. The molecule has 1 heterocycles. The summed E-state index contributed by atoms with van der Waals surface area (Å²) < 4.78 is 13.9. The van der Waals surface area contributed by atoms with Crippen molar-refractivity contribution in [2.75, 3.05) is 6.54 Å². The van der Waals surface area contributed by atoms with E-state index in [1.165, 1.54) is 11.6 Å². The van der Waals surface area contributed by atoms with E-state index in [1.54, 1.807) is 23.5 Å². The molecule has 1 aromatic carbocycles. The highest BCUT2D eigenvalue weighted by molar-refractivity contribution is 7.07. The lowest BCUT2D eigenvalue weighted by Crippen LogP contribution is -2.32. The molecule has 114 valence electrons. The van der Waals surface area contributed by atoms with Crippen LogP contribution in [-0.4, -0.2) is 12.6 Å². The van der Waals surface area contributed by atoms with Crippen LogP contribution < -0.4 is 5.32 Å². The minimum Gasteiger partial charge on any atom is -0.314 e. The minimum atomic E-state index is -0.207. The van der Waals surface area contributed by atoms with E-state index in [2.05, 4.69) is 29.1 Å². The highest BCUT2D eigenvalue weighted by Gasteiger charge is 2.14. The summed E-state index contributed by atoms with van der Waals surface area (Å²) in [6.45, 7) is 3.08. The zero-order chi connectivity index (χ0) is 15.1. The Morgan fingerprint density at radius 2 is 2.19 bits per heavy atom. The predicted octanol–water partition coefficient (Wildman–Crippen LogP) is 5.08. The van der Waals surface area contributed by atoms with E-state index in [0.717, 1.165) is 25.8 Å². The Labute approximate surface area is 135 Å². The van der Waals surface area contributed by atoms with Gasteiger partial charge >= 0.3 is 0 Å². The van der Waals surface area contributed by atoms with Gasteiger partial charge in [-0.1, -0.05) is 24.6 Å². The molecule has 0 radical (unpaired) electrons. The molecular formula is C17H21ClFNS. The van der Waals surface area contributed by atoms with Crippen LogP contribution in [0.4, 0.5) is 4.39 Å². The fourth-order valence-corrected chi connectivity index (χ4v) is 3.32. The van der Waals surface area contributed by atoms with E-state index < -0.39 is 0 Å². The quantitative estimate of drug-likeness (QED) is 0.713. The molecule has 0 spiro atoms. The first-order chi connectivity index (χ1) is 10.2. The van der Waals surface area contributed by atoms with Gasteiger partial charge in [-0.25, -0.2) is 4.39 Å². The first-order valence-electron chi connectivity index (χ1n) is 7.38. The average Bonchev–Trinajstić information content (AvgIpc) is 2.98. The number of aryl methyl sites for hydroxylation is 1. The second-order valence-corrected chi connectivity index (χ2v) is 6.41. The Balaban J connectivity index is 2.01. The van der Waals surface area contributed by atoms with Gasteiger partial charge in [0, 0.05) is 16.6 Å². The van der Waals surface area contributed by atoms with Gasteiger partial charge < -0.3 is 5.32 Å². The molecular weight excluding hydrogens is 305 g/mol. The molecule has 0 aliphatic carbocycles. The van der Waals surface area contributed by atoms with Gasteiger partial charge in [-0.2, -0.15) is 11.3 Å². The van der Waals surface area contributed by atoms with Crippen molar-refractivity contribution in [3.8, 4) is 0 Å². The maximum Gasteiger partial charge on any atom is 0.127 e. The predicted molar refractivity (Wildman–Crippen MR) is 89.8 cm³/mol. The molecule has 0 bridgehead atoms. The van der Waals surface area contributed by atoms with Gasteiger partial charge in [0.2, 0.25) is 0 Å². The first kappa shape index (κ1) is 16.5. The van der Waals surface area contributed by atoms with Crippen molar-refractivity contribution in [2.24, 2.45) is 0 Å². The lowest BCUT2D eigenvalue weighted by Gasteiger charge is -2.19. The Morgan fingerprint density at radius 3 is 2.86 bits per heavy atom. The van der Waals surface area contributed by atoms with Crippen LogP contribution in [0.2, 0.25) is 5.02 Å². The molecule has 21 heavy (non-hydrogen) atoms. The third-order valence-electron chi connectivity index (χ3n) is 3.56. The second kappa shape index (κ2) is 8.52. The molecule has 2 rings (SSSR count). The van der Waals surface area contributed by atoms with Crippen LogP contribution in [0.3, 0.4) is 0 Å². The molecule has 1 unspecified atom stereocenters. The molecule has 1 nitrogen and oxygen atoms in total. The minimum absolute atomic E-state index is 0.207. The van der Waals surface area contributed by atoms with Crippen molar-refractivity contribution in [1.29, 1.82) is 0 Å². The highest BCUT2D eigenvalue weighted by Crippen LogP contribution is 2.22. The summed E-state index contributed by atoms with van der Waals surface area (Å²) in [5, 5.41) is 8.30. The van der Waals surface area contributed by atoms with Gasteiger partial charge in [0.1, 0.15) is 5.82 Å². The lowest BCUT2D eigenvalue weighted by atomic mass is 9.99. The van der Waals surface area contributed by atoms with E-state index in [4.69, 9.17) is 11.6 Å². The standard InChI is InChI=1S/C17H21ClFNS/c1-2-9-20-14(7-6-13-8-10-21-12-13)11-15-16(18)4-3-5-17(15)19/h3-5,8,10,12,14,20H,2,6-7,9,11H2,1H3. The molecule has 1 aromatic heterocycles. The van der Waals surface area contributed by atoms with Gasteiger partial charge in [-0.15, -0.1) is 0 Å². The average molecular weight is 326 g/mol. The van der Waals surface area contributed by atoms with E-state index in [0.29, 0.717) is 17.0 Å². The summed E-state index contributed by atoms with van der Waals surface area (Å²) in [7, 11) is 0. The molecule has 0 amide bonds. The number of hydrogen-bond donors (Lipinski definition) is 1. The Morgan fingerprint density at radius 1 is 1.33 bits per heavy atom. The van der Waals surface area contributed by atoms with Gasteiger partial charge in [0.25, 0.3) is 0 Å². The third kappa shape index (κ3) is 5.10. The molecule has 0 saturated heterocycles. The molecule has 0 aliphatic rings. The molecule has 0 fully saturated rings. The first-order valence-corrected chi connectivity index (χ1v) is 8.70. The van der Waals surface area contributed by atoms with Crippen LogP contribution in [0.15, 0.2) is 35.0 Å². The molecule has 2 aromatic rings. The van der Waals surface area contributed by atoms with E-state index >= 15 is 0 Å². The molecule has 0 aliphatic heterocycles. The van der Waals surface area contributed by atoms with Crippen molar-refractivity contribution in [3.05, 3.63) is 57.0 Å². The largest absolute Gasteiger partial charge is 0.314 e. The van der Waals surface area contributed by atoms with Gasteiger partial charge in [-0.3, -0.25) is 0 Å². The van der Waals surface area contributed by atoms with Crippen molar-refractivity contribution >= 4 is 22.9 Å². The van der Waals surface area contributed by atoms with Crippen molar-refractivity contribution in [3.63, 3.8) is 0 Å². The number of rotatable bonds is 8. The summed E-state index contributed by atoms with van der Waals surface area (Å²) in [5.41, 5.74) is 1.97. The Bertz CT molecular complexity index is 521. The lowest BCUT2D eigenvalue weighted by molar-refractivity contribution is 0.468. The van der Waals surface area contributed by atoms with Crippen molar-refractivity contribution < 1.29 is 4.39 Å². The summed E-state index contributed by atoms with van der Waals surface area (Å²) in [4.78, 5) is 0. The smallest absolute Gasteiger partial charge is 0.127 e. The fraction of sp³-hybridized carbons (Fsp3) is 0.412. The van der Waals surface area contributed by atoms with Crippen LogP contribution in [0.5, 0.6) is 0 Å². The summed E-state index contributed by atoms with van der Waals surface area (Å²) in [5.74, 6) is -0.207. The topological polar surface area (TPSA) is 12.0 Å². The number of thiophene rings is 1. The summed E-state index contributed by atoms with van der Waals surface area (Å²) in [6.07, 6.45) is 3.70. The second-order valence-electron chi connectivity index (χ2n) is 5.23. The molecule has 1 N–H and O–H groups in total. The number of benzene rings is 1. The summed E-state index contributed by atoms with van der Waals surface area (Å²) in [6, 6.07) is 7.30. The van der Waals surface area contributed by atoms with Gasteiger partial charge in [0.05, 0.1) is 0 Å². The highest BCUT2D eigenvalue weighted by atomic mass is 35.5. The van der Waals surface area contributed by atoms with E-state index in [-0.39, 0.29) is 11.9 Å². The summed E-state index contributed by atoms with van der Waals surface area (Å²) >= 11 is 7.86. The number of halogens is 2. The van der Waals surface area contributed by atoms with Crippen LogP contribution >= 0.6 is 22.9 Å². The Kier molecular flexibility index (Phi) is 6.68. The van der Waals surface area contributed by atoms with E-state index in [9.17, 15) is 4.39 Å². The fourth-order valence-electron chi connectivity index (χ4n) is 2.37. The van der Waals surface area contributed by atoms with E-state index in [1.807, 2.05) is 0 Å². The van der Waals surface area contributed by atoms with Gasteiger partial charge in [0.15, 0.2) is 0 Å². The van der Waals surface area contributed by atoms with Crippen LogP contribution in [0, 0.1) is 5.82 Å². The van der Waals surface area contributed by atoms with Gasteiger partial charge in [-0.05, 0) is 66.8 Å². The number of hydrogen-bond acceptors (Lipinski definition) is 2. The molecule has 4 heteroatoms. The Hall–Kier alpha value is -0.900. The monoisotopic (exact) mass is 325 g/mol. The number of nitrogens with one attached hydrogen (secondary N) is 1. The van der Waals surface area contributed by atoms with Crippen molar-refractivity contribution in [2.45, 2.75) is 38.6 Å². The molecule has 0 saturated carbocycles. The van der Waals surface area contributed by atoms with Crippen LogP contribution in [0.1, 0.15) is 30.9 Å². The maximum absolute atomic E-state index is 13.9. The zero-order valence-corrected chi connectivity index (χ0v) is 13.8. The SMILES string of the molecule is CCCNC(CCc1ccsc1)Cc1c(F)cccc1Cl. The normalized spacial score (nSPS) is 12.5.